The van der Waals surface area contributed by atoms with Gasteiger partial charge in [-0.05, 0) is 31.5 Å². The molecule has 0 aromatic heterocycles. The highest BCUT2D eigenvalue weighted by Crippen LogP contribution is 2.22. The normalized spacial score (nSPS) is 19.3. The molecule has 0 bridgehead atoms. The molecule has 5 nitrogen and oxygen atoms in total. The third kappa shape index (κ3) is 2.63. The molecule has 0 saturated heterocycles. The molecular weight excluding hydrogens is 245 g/mol. The molecule has 0 fully saturated rings. The maximum absolute atomic E-state index is 13.0. The molecule has 0 amide bonds. The van der Waals surface area contributed by atoms with E-state index >= 15 is 0 Å². The fourth-order valence-corrected chi connectivity index (χ4v) is 2.94. The van der Waals surface area contributed by atoms with E-state index in [4.69, 9.17) is 0 Å². The van der Waals surface area contributed by atoms with E-state index in [9.17, 15) is 12.8 Å². The average molecular weight is 259 g/mol. The number of halogens is 1. The number of hydrazine groups is 2. The van der Waals surface area contributed by atoms with E-state index in [0.717, 1.165) is 6.07 Å². The monoisotopic (exact) mass is 259 g/mol. The van der Waals surface area contributed by atoms with E-state index < -0.39 is 15.8 Å². The fourth-order valence-electron chi connectivity index (χ4n) is 1.69. The van der Waals surface area contributed by atoms with Crippen molar-refractivity contribution in [2.45, 2.75) is 31.3 Å². The van der Waals surface area contributed by atoms with Crippen LogP contribution in [0, 0.1) is 5.82 Å². The molecule has 0 aliphatic carbocycles. The van der Waals surface area contributed by atoms with E-state index in [-0.39, 0.29) is 10.9 Å². The molecule has 0 unspecified atom stereocenters. The van der Waals surface area contributed by atoms with Crippen molar-refractivity contribution in [1.29, 1.82) is 0 Å². The lowest BCUT2D eigenvalue weighted by molar-refractivity contribution is 0.122. The first-order chi connectivity index (χ1) is 7.88. The summed E-state index contributed by atoms with van der Waals surface area (Å²) in [6.07, 6.45) is 0. The molecule has 0 radical (unpaired) electrons. The highest BCUT2D eigenvalue weighted by Gasteiger charge is 2.28. The van der Waals surface area contributed by atoms with Crippen LogP contribution in [0.2, 0.25) is 0 Å². The zero-order valence-electron chi connectivity index (χ0n) is 9.57. The summed E-state index contributed by atoms with van der Waals surface area (Å²) in [6, 6.07) is 3.87. The smallest absolute Gasteiger partial charge is 0.238 e. The molecule has 1 aromatic rings. The Balaban J connectivity index is 2.38. The zero-order valence-corrected chi connectivity index (χ0v) is 10.4. The molecule has 0 spiro atoms. The van der Waals surface area contributed by atoms with Gasteiger partial charge in [-0.3, -0.25) is 0 Å². The van der Waals surface area contributed by atoms with Crippen molar-refractivity contribution in [3.05, 3.63) is 29.6 Å². The van der Waals surface area contributed by atoms with Gasteiger partial charge >= 0.3 is 0 Å². The lowest BCUT2D eigenvalue weighted by Gasteiger charge is -2.30. The van der Waals surface area contributed by atoms with Crippen molar-refractivity contribution in [2.75, 3.05) is 0 Å². The maximum Gasteiger partial charge on any atom is 0.255 e. The van der Waals surface area contributed by atoms with Gasteiger partial charge < -0.3 is 0 Å². The number of nitrogens with zero attached hydrogens (tertiary/aromatic N) is 1. The molecule has 1 heterocycles. The number of hydrogen-bond donors (Lipinski definition) is 2. The van der Waals surface area contributed by atoms with E-state index in [2.05, 4.69) is 10.3 Å². The van der Waals surface area contributed by atoms with Gasteiger partial charge in [0.25, 0.3) is 10.0 Å². The highest BCUT2D eigenvalue weighted by molar-refractivity contribution is 7.89. The second-order valence-corrected chi connectivity index (χ2v) is 5.85. The van der Waals surface area contributed by atoms with E-state index in [1.807, 2.05) is 13.8 Å². The van der Waals surface area contributed by atoms with Crippen LogP contribution in [0.3, 0.4) is 0 Å². The van der Waals surface area contributed by atoms with Gasteiger partial charge in [0.15, 0.2) is 0 Å². The molecule has 7 heteroatoms. The summed E-state index contributed by atoms with van der Waals surface area (Å²) >= 11 is 0. The quantitative estimate of drug-likeness (QED) is 0.822. The number of sulfonamides is 1. The van der Waals surface area contributed by atoms with E-state index in [0.29, 0.717) is 12.1 Å². The molecule has 0 atom stereocenters. The van der Waals surface area contributed by atoms with Crippen LogP contribution < -0.4 is 10.3 Å². The minimum Gasteiger partial charge on any atom is -0.238 e. The Hall–Kier alpha value is -1.02. The van der Waals surface area contributed by atoms with Crippen molar-refractivity contribution in [1.82, 2.24) is 15.4 Å². The molecular formula is C10H14FN3O2S. The highest BCUT2D eigenvalue weighted by atomic mass is 32.2. The lowest BCUT2D eigenvalue weighted by Crippen LogP contribution is -2.54. The Bertz CT molecular complexity index is 530. The van der Waals surface area contributed by atoms with Gasteiger partial charge in [0.1, 0.15) is 5.82 Å². The predicted octanol–water partition coefficient (Wildman–Crippen LogP) is 0.748. The zero-order chi connectivity index (χ0) is 12.6. The minimum absolute atomic E-state index is 0.000642. The van der Waals surface area contributed by atoms with Gasteiger partial charge in [0.2, 0.25) is 0 Å². The molecule has 17 heavy (non-hydrogen) atoms. The maximum atomic E-state index is 13.0. The summed E-state index contributed by atoms with van der Waals surface area (Å²) in [6.45, 7) is 4.15. The first-order valence-electron chi connectivity index (χ1n) is 5.23. The fraction of sp³-hybridized carbons (Fsp3) is 0.400. The van der Waals surface area contributed by atoms with Crippen LogP contribution in [0.4, 0.5) is 4.39 Å². The van der Waals surface area contributed by atoms with Crippen LogP contribution in [0.15, 0.2) is 23.1 Å². The van der Waals surface area contributed by atoms with Crippen molar-refractivity contribution in [3.8, 4) is 0 Å². The van der Waals surface area contributed by atoms with Crippen molar-refractivity contribution >= 4 is 10.0 Å². The Labute approximate surface area is 99.6 Å². The molecule has 2 N–H and O–H groups in total. The van der Waals surface area contributed by atoms with Crippen LogP contribution in [0.5, 0.6) is 0 Å². The summed E-state index contributed by atoms with van der Waals surface area (Å²) in [5.41, 5.74) is 3.51. The number of rotatable bonds is 2. The topological polar surface area (TPSA) is 61.4 Å². The van der Waals surface area contributed by atoms with E-state index in [1.54, 1.807) is 0 Å². The van der Waals surface area contributed by atoms with Crippen molar-refractivity contribution in [3.63, 3.8) is 0 Å². The molecule has 0 saturated carbocycles. The molecule has 1 aliphatic rings. The Morgan fingerprint density at radius 3 is 2.82 bits per heavy atom. The van der Waals surface area contributed by atoms with Gasteiger partial charge in [0, 0.05) is 6.04 Å². The number of benzene rings is 1. The van der Waals surface area contributed by atoms with Crippen LogP contribution in [0.1, 0.15) is 19.4 Å². The van der Waals surface area contributed by atoms with Crippen LogP contribution >= 0.6 is 0 Å². The number of nitrogens with one attached hydrogen (secondary N) is 2. The molecule has 1 aliphatic heterocycles. The number of fused-ring (bicyclic) bond motifs is 1. The first kappa shape index (κ1) is 12.4. The Morgan fingerprint density at radius 2 is 2.18 bits per heavy atom. The first-order valence-corrected chi connectivity index (χ1v) is 6.71. The van der Waals surface area contributed by atoms with Crippen LogP contribution in [-0.2, 0) is 16.6 Å². The van der Waals surface area contributed by atoms with E-state index in [1.165, 1.54) is 17.3 Å². The second kappa shape index (κ2) is 4.34. The summed E-state index contributed by atoms with van der Waals surface area (Å²) in [5.74, 6) is -0.556. The van der Waals surface area contributed by atoms with Gasteiger partial charge in [-0.2, -0.15) is 5.12 Å². The van der Waals surface area contributed by atoms with Gasteiger partial charge in [-0.15, -0.1) is 4.83 Å². The molecule has 1 aromatic carbocycles. The second-order valence-electron chi connectivity index (χ2n) is 4.22. The summed E-state index contributed by atoms with van der Waals surface area (Å²) in [7, 11) is -3.69. The van der Waals surface area contributed by atoms with Crippen LogP contribution in [0.25, 0.3) is 0 Å². The third-order valence-corrected chi connectivity index (χ3v) is 3.71. The third-order valence-electron chi connectivity index (χ3n) is 2.29. The lowest BCUT2D eigenvalue weighted by atomic mass is 10.2. The van der Waals surface area contributed by atoms with Gasteiger partial charge in [0.05, 0.1) is 11.4 Å². The summed E-state index contributed by atoms with van der Waals surface area (Å²) < 4.78 is 36.7. The van der Waals surface area contributed by atoms with Gasteiger partial charge in [-0.1, -0.05) is 6.07 Å². The van der Waals surface area contributed by atoms with Crippen molar-refractivity contribution in [2.24, 2.45) is 0 Å². The summed E-state index contributed by atoms with van der Waals surface area (Å²) in [5, 5.41) is 1.39. The van der Waals surface area contributed by atoms with Crippen LogP contribution in [-0.4, -0.2) is 19.6 Å². The Kier molecular flexibility index (Phi) is 3.17. The summed E-state index contributed by atoms with van der Waals surface area (Å²) in [4.78, 5) is 2.33. The molecule has 94 valence electrons. The largest absolute Gasteiger partial charge is 0.255 e. The standard InChI is InChI=1S/C10H14FN3O2S/c1-7(2)12-14-6-8-3-4-9(11)5-10(8)17(15,16)13-14/h3-5,7,12-13H,6H2,1-2H3. The Morgan fingerprint density at radius 1 is 1.47 bits per heavy atom. The predicted molar refractivity (Wildman–Crippen MR) is 60.5 cm³/mol. The molecule has 2 rings (SSSR count). The minimum atomic E-state index is -3.69. The van der Waals surface area contributed by atoms with Crippen molar-refractivity contribution < 1.29 is 12.8 Å². The average Bonchev–Trinajstić information content (AvgIpc) is 2.17. The van der Waals surface area contributed by atoms with Gasteiger partial charge in [-0.25, -0.2) is 18.2 Å². The number of hydrogen-bond acceptors (Lipinski definition) is 4. The SMILES string of the molecule is CC(C)NN1Cc2ccc(F)cc2S(=O)(=O)N1.